The van der Waals surface area contributed by atoms with Crippen LogP contribution in [0.25, 0.3) is 20.4 Å². The van der Waals surface area contributed by atoms with E-state index >= 15 is 0 Å². The lowest BCUT2D eigenvalue weighted by molar-refractivity contribution is 0.171. The number of urea groups is 1. The summed E-state index contributed by atoms with van der Waals surface area (Å²) < 4.78 is 1.80. The molecular weight excluding hydrogens is 617 g/mol. The predicted molar refractivity (Wildman–Crippen MR) is 184 cm³/mol. The van der Waals surface area contributed by atoms with Crippen LogP contribution in [0.1, 0.15) is 22.3 Å². The molecule has 0 bridgehead atoms. The summed E-state index contributed by atoms with van der Waals surface area (Å²) in [6, 6.07) is 30.3. The molecule has 0 fully saturated rings. The Balaban J connectivity index is 1.35. The van der Waals surface area contributed by atoms with Gasteiger partial charge in [0.2, 0.25) is 0 Å². The monoisotopic (exact) mass is 646 g/mol. The van der Waals surface area contributed by atoms with Crippen LogP contribution in [-0.2, 0) is 25.9 Å². The SMILES string of the molecule is Nc1nc2ccc(CN3C(=O)N(Cc4ccc5nc(N)sc5c4)C(Cc4ccccc4)=C(O)C(O)=C3Cc3ccccc3)cc2s1. The highest BCUT2D eigenvalue weighted by Gasteiger charge is 2.36. The lowest BCUT2D eigenvalue weighted by Crippen LogP contribution is -2.41. The van der Waals surface area contributed by atoms with Crippen LogP contribution in [0.5, 0.6) is 0 Å². The number of carbonyl (C=O) groups is 1. The molecule has 3 heterocycles. The number of rotatable bonds is 8. The van der Waals surface area contributed by atoms with Crippen LogP contribution in [0, 0.1) is 0 Å². The molecule has 0 spiro atoms. The average molecular weight is 647 g/mol. The molecule has 0 radical (unpaired) electrons. The first kappa shape index (κ1) is 29.3. The Morgan fingerprint density at radius 1 is 0.587 bits per heavy atom. The van der Waals surface area contributed by atoms with E-state index in [0.717, 1.165) is 42.7 Å². The zero-order valence-corrected chi connectivity index (χ0v) is 26.3. The molecule has 1 aliphatic rings. The van der Waals surface area contributed by atoms with Crippen molar-refractivity contribution in [2.75, 3.05) is 11.5 Å². The van der Waals surface area contributed by atoms with Gasteiger partial charge in [-0.3, -0.25) is 9.80 Å². The number of nitrogens with two attached hydrogens (primary N) is 2. The van der Waals surface area contributed by atoms with Crippen LogP contribution >= 0.6 is 22.7 Å². The van der Waals surface area contributed by atoms with Gasteiger partial charge in [0.15, 0.2) is 21.8 Å². The molecule has 2 amide bonds. The van der Waals surface area contributed by atoms with Crippen LogP contribution in [0.3, 0.4) is 0 Å². The molecular formula is C35H30N6O3S2. The van der Waals surface area contributed by atoms with Gasteiger partial charge >= 0.3 is 6.03 Å². The number of aromatic nitrogens is 2. The molecule has 9 nitrogen and oxygen atoms in total. The van der Waals surface area contributed by atoms with E-state index < -0.39 is 0 Å². The highest BCUT2D eigenvalue weighted by Crippen LogP contribution is 2.34. The number of fused-ring (bicyclic) bond motifs is 2. The van der Waals surface area contributed by atoms with Gasteiger partial charge in [-0.05, 0) is 46.5 Å². The van der Waals surface area contributed by atoms with Gasteiger partial charge in [-0.25, -0.2) is 14.8 Å². The van der Waals surface area contributed by atoms with Crippen LogP contribution in [-0.4, -0.2) is 36.0 Å². The Kier molecular flexibility index (Phi) is 7.77. The Morgan fingerprint density at radius 3 is 1.41 bits per heavy atom. The van der Waals surface area contributed by atoms with E-state index in [9.17, 15) is 15.0 Å². The Morgan fingerprint density at radius 2 is 1.00 bits per heavy atom. The van der Waals surface area contributed by atoms with E-state index in [1.165, 1.54) is 22.7 Å². The highest BCUT2D eigenvalue weighted by atomic mass is 32.1. The molecule has 46 heavy (non-hydrogen) atoms. The number of benzene rings is 4. The minimum Gasteiger partial charge on any atom is -0.503 e. The van der Waals surface area contributed by atoms with Gasteiger partial charge in [0, 0.05) is 12.8 Å². The molecule has 4 aromatic carbocycles. The largest absolute Gasteiger partial charge is 0.503 e. The standard InChI is InChI=1S/C35H30N6O3S2/c36-33-38-25-13-11-23(17-29(25)45-33)19-40-27(15-21-7-3-1-4-8-21)31(42)32(43)28(16-22-9-5-2-6-10-22)41(35(40)44)20-24-12-14-26-30(18-24)46-34(37)39-26/h1-14,17-18,42-43H,15-16,19-20H2,(H2,36,38)(H2,37,39). The van der Waals surface area contributed by atoms with Crippen LogP contribution in [0.2, 0.25) is 0 Å². The fourth-order valence-corrected chi connectivity index (χ4v) is 7.30. The third kappa shape index (κ3) is 5.85. The number of nitrogen functional groups attached to an aromatic ring is 2. The Labute approximate surface area is 273 Å². The van der Waals surface area contributed by atoms with Crippen LogP contribution < -0.4 is 11.5 Å². The maximum Gasteiger partial charge on any atom is 0.329 e. The fourth-order valence-electron chi connectivity index (χ4n) is 5.70. The second-order valence-corrected chi connectivity index (χ2v) is 13.2. The zero-order valence-electron chi connectivity index (χ0n) is 24.6. The molecule has 0 saturated carbocycles. The van der Waals surface area contributed by atoms with Crippen molar-refractivity contribution >= 4 is 59.4 Å². The normalized spacial score (nSPS) is 14.1. The number of amides is 2. The van der Waals surface area contributed by atoms with Crippen LogP contribution in [0.4, 0.5) is 15.1 Å². The van der Waals surface area contributed by atoms with Gasteiger partial charge in [0.1, 0.15) is 0 Å². The fraction of sp³-hybridized carbons (Fsp3) is 0.114. The van der Waals surface area contributed by atoms with Crippen LogP contribution in [0.15, 0.2) is 120 Å². The topological polar surface area (TPSA) is 142 Å². The summed E-state index contributed by atoms with van der Waals surface area (Å²) in [5.41, 5.74) is 17.5. The summed E-state index contributed by atoms with van der Waals surface area (Å²) in [6.07, 6.45) is 0.438. The predicted octanol–water partition coefficient (Wildman–Crippen LogP) is 7.53. The molecule has 6 aromatic rings. The smallest absolute Gasteiger partial charge is 0.329 e. The first-order valence-electron chi connectivity index (χ1n) is 14.6. The number of thiazole rings is 2. The molecule has 1 aliphatic heterocycles. The molecule has 2 aromatic heterocycles. The average Bonchev–Trinajstić information content (AvgIpc) is 3.62. The third-order valence-corrected chi connectivity index (χ3v) is 9.63. The van der Waals surface area contributed by atoms with Gasteiger partial charge in [-0.1, -0.05) is 95.5 Å². The van der Waals surface area contributed by atoms with E-state index in [1.807, 2.05) is 97.1 Å². The number of hydrogen-bond acceptors (Lipinski definition) is 9. The maximum atomic E-state index is 14.9. The third-order valence-electron chi connectivity index (χ3n) is 7.93. The molecule has 0 atom stereocenters. The summed E-state index contributed by atoms with van der Waals surface area (Å²) in [5.74, 6) is -0.668. The number of hydrogen-bond donors (Lipinski definition) is 4. The van der Waals surface area contributed by atoms with E-state index in [4.69, 9.17) is 11.5 Å². The highest BCUT2D eigenvalue weighted by molar-refractivity contribution is 7.22. The molecule has 0 saturated heterocycles. The lowest BCUT2D eigenvalue weighted by atomic mass is 10.0. The number of nitrogens with zero attached hydrogens (tertiary/aromatic N) is 4. The van der Waals surface area contributed by atoms with Gasteiger partial charge in [-0.15, -0.1) is 0 Å². The molecule has 11 heteroatoms. The first-order chi connectivity index (χ1) is 22.3. The van der Waals surface area contributed by atoms with E-state index in [-0.39, 0.29) is 43.5 Å². The van der Waals surface area contributed by atoms with Crippen molar-refractivity contribution in [1.29, 1.82) is 0 Å². The Hall–Kier alpha value is -5.39. The van der Waals surface area contributed by atoms with Gasteiger partial charge < -0.3 is 21.7 Å². The molecule has 7 rings (SSSR count). The molecule has 0 unspecified atom stereocenters. The maximum absolute atomic E-state index is 14.9. The minimum atomic E-state index is -0.375. The van der Waals surface area contributed by atoms with Gasteiger partial charge in [-0.2, -0.15) is 0 Å². The first-order valence-corrected chi connectivity index (χ1v) is 16.3. The second kappa shape index (κ2) is 12.2. The summed E-state index contributed by atoms with van der Waals surface area (Å²) >= 11 is 2.75. The molecule has 230 valence electrons. The number of aliphatic hydroxyl groups excluding tert-OH is 2. The van der Waals surface area contributed by atoms with Crippen molar-refractivity contribution in [2.24, 2.45) is 0 Å². The van der Waals surface area contributed by atoms with Gasteiger partial charge in [0.25, 0.3) is 0 Å². The zero-order chi connectivity index (χ0) is 31.8. The summed E-state index contributed by atoms with van der Waals surface area (Å²) in [4.78, 5) is 26.7. The van der Waals surface area contributed by atoms with Crippen molar-refractivity contribution in [3.05, 3.63) is 142 Å². The minimum absolute atomic E-state index is 0.144. The van der Waals surface area contributed by atoms with Crippen molar-refractivity contribution in [2.45, 2.75) is 25.9 Å². The van der Waals surface area contributed by atoms with Gasteiger partial charge in [0.05, 0.1) is 44.9 Å². The van der Waals surface area contributed by atoms with Crippen molar-refractivity contribution in [3.63, 3.8) is 0 Å². The summed E-state index contributed by atoms with van der Waals surface area (Å²) in [6.45, 7) is 0.289. The molecule has 6 N–H and O–H groups in total. The van der Waals surface area contributed by atoms with E-state index in [0.29, 0.717) is 21.7 Å². The number of allylic oxidation sites excluding steroid dienone is 2. The number of carbonyl (C=O) groups excluding carboxylic acids is 1. The number of aliphatic hydroxyl groups is 2. The van der Waals surface area contributed by atoms with Crippen molar-refractivity contribution in [1.82, 2.24) is 19.8 Å². The second-order valence-electron chi connectivity index (χ2n) is 11.1. The quantitative estimate of drug-likeness (QED) is 0.134. The summed E-state index contributed by atoms with van der Waals surface area (Å²) in [7, 11) is 0. The number of anilines is 2. The summed E-state index contributed by atoms with van der Waals surface area (Å²) in [5, 5.41) is 24.5. The lowest BCUT2D eigenvalue weighted by Gasteiger charge is -2.31. The van der Waals surface area contributed by atoms with Crippen molar-refractivity contribution in [3.8, 4) is 0 Å². The molecule has 0 aliphatic carbocycles. The van der Waals surface area contributed by atoms with Crippen molar-refractivity contribution < 1.29 is 15.0 Å². The Bertz CT molecular complexity index is 1990. The van der Waals surface area contributed by atoms with E-state index in [2.05, 4.69) is 9.97 Å². The van der Waals surface area contributed by atoms with E-state index in [1.54, 1.807) is 9.80 Å².